The zero-order valence-electron chi connectivity index (χ0n) is 14.5. The van der Waals surface area contributed by atoms with Crippen molar-refractivity contribution < 1.29 is 19.4 Å². The van der Waals surface area contributed by atoms with Crippen molar-refractivity contribution in [2.45, 2.75) is 12.2 Å². The minimum absolute atomic E-state index is 0.0693. The van der Waals surface area contributed by atoms with Crippen molar-refractivity contribution in [1.82, 2.24) is 15.1 Å². The zero-order chi connectivity index (χ0) is 17.5. The van der Waals surface area contributed by atoms with Crippen LogP contribution in [0, 0.1) is 0 Å². The molecule has 0 saturated carbocycles. The monoisotopic (exact) mass is 349 g/mol. The largest absolute Gasteiger partial charge is 0.491 e. The molecule has 0 aromatic heterocycles. The van der Waals surface area contributed by atoms with Crippen molar-refractivity contribution in [3.8, 4) is 5.75 Å². The number of hydrogen-bond donors (Lipinski definition) is 2. The third-order valence-electron chi connectivity index (χ3n) is 4.54. The maximum absolute atomic E-state index is 12.4. The molecule has 7 nitrogen and oxygen atoms in total. The second kappa shape index (κ2) is 9.15. The van der Waals surface area contributed by atoms with E-state index in [0.29, 0.717) is 32.8 Å². The van der Waals surface area contributed by atoms with E-state index in [1.165, 1.54) is 0 Å². The number of β-amino-alcohol motifs (C(OH)–C–C–N with tert-alkyl or cyclic N) is 1. The number of ether oxygens (including phenoxy) is 2. The highest BCUT2D eigenvalue weighted by Gasteiger charge is 2.29. The molecule has 2 unspecified atom stereocenters. The number of para-hydroxylation sites is 1. The summed E-state index contributed by atoms with van der Waals surface area (Å²) in [7, 11) is 0. The van der Waals surface area contributed by atoms with Crippen LogP contribution in [0.25, 0.3) is 0 Å². The lowest BCUT2D eigenvalue weighted by Gasteiger charge is -2.37. The number of nitrogens with one attached hydrogen (secondary N) is 1. The Morgan fingerprint density at radius 2 is 2.04 bits per heavy atom. The summed E-state index contributed by atoms with van der Waals surface area (Å²) in [5, 5.41) is 13.4. The number of aliphatic hydroxyl groups is 1. The van der Waals surface area contributed by atoms with Gasteiger partial charge in [0.25, 0.3) is 5.91 Å². The maximum Gasteiger partial charge on any atom is 0.253 e. The van der Waals surface area contributed by atoms with E-state index in [9.17, 15) is 9.90 Å². The van der Waals surface area contributed by atoms with Gasteiger partial charge in [0.2, 0.25) is 0 Å². The van der Waals surface area contributed by atoms with Gasteiger partial charge in [0, 0.05) is 45.8 Å². The van der Waals surface area contributed by atoms with Crippen LogP contribution in [0.15, 0.2) is 30.3 Å². The first-order valence-corrected chi connectivity index (χ1v) is 8.92. The third kappa shape index (κ3) is 5.40. The number of hydrogen-bond acceptors (Lipinski definition) is 6. The van der Waals surface area contributed by atoms with Crippen LogP contribution in [0.4, 0.5) is 0 Å². The summed E-state index contributed by atoms with van der Waals surface area (Å²) in [5.41, 5.74) is 0. The number of aliphatic hydroxyl groups excluding tert-OH is 1. The summed E-state index contributed by atoms with van der Waals surface area (Å²) in [5.74, 6) is 0.831. The fourth-order valence-electron chi connectivity index (χ4n) is 3.14. The summed E-state index contributed by atoms with van der Waals surface area (Å²) in [6, 6.07) is 9.49. The lowest BCUT2D eigenvalue weighted by molar-refractivity contribution is -0.147. The van der Waals surface area contributed by atoms with Crippen LogP contribution in [0.3, 0.4) is 0 Å². The molecule has 7 heteroatoms. The molecule has 2 aliphatic rings. The van der Waals surface area contributed by atoms with Crippen molar-refractivity contribution in [3.63, 3.8) is 0 Å². The Morgan fingerprint density at radius 1 is 1.28 bits per heavy atom. The highest BCUT2D eigenvalue weighted by molar-refractivity contribution is 5.81. The molecule has 0 aliphatic carbocycles. The summed E-state index contributed by atoms with van der Waals surface area (Å²) in [6.07, 6.45) is -0.904. The fourth-order valence-corrected chi connectivity index (χ4v) is 3.14. The molecule has 2 aliphatic heterocycles. The number of piperazine rings is 1. The number of amides is 1. The lowest BCUT2D eigenvalue weighted by atomic mass is 10.2. The molecule has 0 radical (unpaired) electrons. The topological polar surface area (TPSA) is 74.3 Å². The molecule has 0 spiro atoms. The Balaban J connectivity index is 1.36. The number of carbonyl (C=O) groups excluding carboxylic acids is 1. The van der Waals surface area contributed by atoms with E-state index in [0.717, 1.165) is 25.4 Å². The molecule has 0 bridgehead atoms. The number of rotatable bonds is 6. The van der Waals surface area contributed by atoms with E-state index in [2.05, 4.69) is 10.2 Å². The molecule has 138 valence electrons. The van der Waals surface area contributed by atoms with Gasteiger partial charge in [-0.1, -0.05) is 18.2 Å². The maximum atomic E-state index is 12.4. The lowest BCUT2D eigenvalue weighted by Crippen LogP contribution is -2.56. The van der Waals surface area contributed by atoms with Crippen LogP contribution in [-0.4, -0.2) is 92.0 Å². The molecule has 2 N–H and O–H groups in total. The molecule has 2 atom stereocenters. The Kier molecular flexibility index (Phi) is 6.63. The first-order chi connectivity index (χ1) is 12.2. The predicted molar refractivity (Wildman–Crippen MR) is 93.6 cm³/mol. The number of morpholine rings is 1. The van der Waals surface area contributed by atoms with Gasteiger partial charge in [0.1, 0.15) is 24.6 Å². The normalized spacial score (nSPS) is 23.2. The second-order valence-electron chi connectivity index (χ2n) is 6.47. The van der Waals surface area contributed by atoms with Crippen molar-refractivity contribution in [2.24, 2.45) is 0 Å². The molecule has 3 rings (SSSR count). The van der Waals surface area contributed by atoms with E-state index in [4.69, 9.17) is 9.47 Å². The van der Waals surface area contributed by atoms with E-state index in [1.54, 1.807) is 0 Å². The van der Waals surface area contributed by atoms with Crippen LogP contribution in [0.1, 0.15) is 0 Å². The zero-order valence-corrected chi connectivity index (χ0v) is 14.5. The van der Waals surface area contributed by atoms with Crippen LogP contribution < -0.4 is 10.1 Å². The minimum atomic E-state index is -0.548. The first-order valence-electron chi connectivity index (χ1n) is 8.92. The summed E-state index contributed by atoms with van der Waals surface area (Å²) in [6.45, 7) is 5.67. The number of carbonyl (C=O) groups is 1. The summed E-state index contributed by atoms with van der Waals surface area (Å²) in [4.78, 5) is 16.4. The molecule has 2 heterocycles. The third-order valence-corrected chi connectivity index (χ3v) is 4.54. The average molecular weight is 349 g/mol. The second-order valence-corrected chi connectivity index (χ2v) is 6.47. The molecular formula is C18H27N3O4. The van der Waals surface area contributed by atoms with Crippen LogP contribution >= 0.6 is 0 Å². The number of nitrogens with zero attached hydrogens (tertiary/aromatic N) is 2. The van der Waals surface area contributed by atoms with Gasteiger partial charge in [-0.2, -0.15) is 0 Å². The Morgan fingerprint density at radius 3 is 2.72 bits per heavy atom. The van der Waals surface area contributed by atoms with Crippen molar-refractivity contribution in [1.29, 1.82) is 0 Å². The van der Waals surface area contributed by atoms with Crippen molar-refractivity contribution in [3.05, 3.63) is 30.3 Å². The fraction of sp³-hybridized carbons (Fsp3) is 0.611. The number of benzene rings is 1. The smallest absolute Gasteiger partial charge is 0.253 e. The van der Waals surface area contributed by atoms with Crippen LogP contribution in [0.5, 0.6) is 5.75 Å². The Bertz CT molecular complexity index is 528. The quantitative estimate of drug-likeness (QED) is 0.725. The Labute approximate surface area is 148 Å². The van der Waals surface area contributed by atoms with E-state index >= 15 is 0 Å². The van der Waals surface area contributed by atoms with E-state index < -0.39 is 6.10 Å². The van der Waals surface area contributed by atoms with Gasteiger partial charge in [-0.25, -0.2) is 0 Å². The van der Waals surface area contributed by atoms with Crippen LogP contribution in [0.2, 0.25) is 0 Å². The SMILES string of the molecule is O=C(C1CNCCO1)N1CCN(CC(O)COc2ccccc2)CC1. The van der Waals surface area contributed by atoms with Crippen molar-refractivity contribution in [2.75, 3.05) is 59.0 Å². The average Bonchev–Trinajstić information content (AvgIpc) is 2.68. The van der Waals surface area contributed by atoms with Gasteiger partial charge >= 0.3 is 0 Å². The van der Waals surface area contributed by atoms with Gasteiger partial charge in [0.05, 0.1) is 6.61 Å². The molecular weight excluding hydrogens is 322 g/mol. The molecule has 25 heavy (non-hydrogen) atoms. The van der Waals surface area contributed by atoms with Crippen molar-refractivity contribution >= 4 is 5.91 Å². The standard InChI is InChI=1S/C18H27N3O4/c22-15(14-25-16-4-2-1-3-5-16)13-20-7-9-21(10-8-20)18(23)17-12-19-6-11-24-17/h1-5,15,17,19,22H,6-14H2. The van der Waals surface area contributed by atoms with Gasteiger partial charge in [-0.05, 0) is 12.1 Å². The molecule has 2 saturated heterocycles. The van der Waals surface area contributed by atoms with E-state index in [1.807, 2.05) is 35.2 Å². The molecule has 1 aromatic rings. The minimum Gasteiger partial charge on any atom is -0.491 e. The van der Waals surface area contributed by atoms with Gasteiger partial charge in [0.15, 0.2) is 0 Å². The molecule has 1 aromatic carbocycles. The van der Waals surface area contributed by atoms with Gasteiger partial charge in [-0.15, -0.1) is 0 Å². The highest BCUT2D eigenvalue weighted by atomic mass is 16.5. The van der Waals surface area contributed by atoms with Crippen LogP contribution in [-0.2, 0) is 9.53 Å². The Hall–Kier alpha value is -1.67. The van der Waals surface area contributed by atoms with Gasteiger partial charge in [-0.3, -0.25) is 9.69 Å². The molecule has 1 amide bonds. The molecule has 2 fully saturated rings. The highest BCUT2D eigenvalue weighted by Crippen LogP contribution is 2.10. The summed E-state index contributed by atoms with van der Waals surface area (Å²) < 4.78 is 11.1. The summed E-state index contributed by atoms with van der Waals surface area (Å²) >= 11 is 0. The predicted octanol–water partition coefficient (Wildman–Crippen LogP) is -0.441. The van der Waals surface area contributed by atoms with E-state index in [-0.39, 0.29) is 18.6 Å². The first kappa shape index (κ1) is 18.1. The van der Waals surface area contributed by atoms with Gasteiger partial charge < -0.3 is 24.8 Å².